The highest BCUT2D eigenvalue weighted by atomic mass is 32.2. The molecule has 0 spiro atoms. The molecule has 0 aromatic heterocycles. The largest absolute Gasteiger partial charge is 0.380 e. The van der Waals surface area contributed by atoms with Crippen LogP contribution in [-0.2, 0) is 21.3 Å². The van der Waals surface area contributed by atoms with Crippen molar-refractivity contribution in [2.75, 3.05) is 13.2 Å². The minimum atomic E-state index is -3.42. The number of benzene rings is 1. The third kappa shape index (κ3) is 2.98. The third-order valence-corrected chi connectivity index (χ3v) is 4.53. The molecule has 1 heterocycles. The van der Waals surface area contributed by atoms with Gasteiger partial charge in [0.25, 0.3) is 0 Å². The van der Waals surface area contributed by atoms with Gasteiger partial charge >= 0.3 is 0 Å². The number of hydrogen-bond donors (Lipinski definition) is 0. The van der Waals surface area contributed by atoms with Gasteiger partial charge in [-0.25, -0.2) is 8.42 Å². The normalized spacial score (nSPS) is 20.2. The predicted molar refractivity (Wildman–Crippen MR) is 70.3 cm³/mol. The van der Waals surface area contributed by atoms with Crippen molar-refractivity contribution in [1.82, 2.24) is 4.31 Å². The van der Waals surface area contributed by atoms with E-state index in [0.29, 0.717) is 19.8 Å². The van der Waals surface area contributed by atoms with Crippen LogP contribution < -0.4 is 0 Å². The maximum atomic E-state index is 12.0. The molecule has 0 aliphatic carbocycles. The van der Waals surface area contributed by atoms with E-state index in [4.69, 9.17) is 4.74 Å². The summed E-state index contributed by atoms with van der Waals surface area (Å²) in [5.74, 6) is 0. The van der Waals surface area contributed by atoms with Gasteiger partial charge in [-0.2, -0.15) is 4.31 Å². The van der Waals surface area contributed by atoms with Gasteiger partial charge in [-0.1, -0.05) is 36.9 Å². The van der Waals surface area contributed by atoms with Crippen LogP contribution in [0.1, 0.15) is 12.0 Å². The lowest BCUT2D eigenvalue weighted by molar-refractivity contribution is 0.175. The lowest BCUT2D eigenvalue weighted by atomic mass is 10.2. The predicted octanol–water partition coefficient (Wildman–Crippen LogP) is 1.75. The van der Waals surface area contributed by atoms with Gasteiger partial charge in [0, 0.05) is 18.6 Å². The quantitative estimate of drug-likeness (QED) is 0.816. The van der Waals surface area contributed by atoms with Gasteiger partial charge in [0.1, 0.15) is 0 Å². The average molecular weight is 267 g/mol. The fraction of sp³-hybridized carbons (Fsp3) is 0.385. The first-order valence-corrected chi connectivity index (χ1v) is 7.40. The molecule has 1 aromatic rings. The molecule has 1 atom stereocenters. The molecular weight excluding hydrogens is 250 g/mol. The van der Waals surface area contributed by atoms with E-state index in [0.717, 1.165) is 17.4 Å². The Kier molecular flexibility index (Phi) is 4.16. The summed E-state index contributed by atoms with van der Waals surface area (Å²) in [6.07, 6.45) is 0.736. The van der Waals surface area contributed by atoms with Crippen LogP contribution in [-0.4, -0.2) is 32.0 Å². The van der Waals surface area contributed by atoms with Crippen molar-refractivity contribution in [3.05, 3.63) is 47.9 Å². The molecule has 0 saturated carbocycles. The van der Waals surface area contributed by atoms with Crippen molar-refractivity contribution in [1.29, 1.82) is 0 Å². The lowest BCUT2D eigenvalue weighted by Gasteiger charge is -2.25. The molecule has 1 saturated heterocycles. The fourth-order valence-corrected chi connectivity index (χ4v) is 3.14. The Bertz CT molecular complexity index is 492. The zero-order chi connectivity index (χ0) is 13.0. The summed E-state index contributed by atoms with van der Waals surface area (Å²) >= 11 is 0. The van der Waals surface area contributed by atoms with Crippen molar-refractivity contribution in [2.45, 2.75) is 19.0 Å². The van der Waals surface area contributed by atoms with Gasteiger partial charge in [0.15, 0.2) is 0 Å². The standard InChI is InChI=1S/C13H17NO3S/c1-2-18(15,16)14(13-8-9-17-11-13)10-12-6-4-3-5-7-12/h2-7,13H,1,8-11H2. The molecule has 1 unspecified atom stereocenters. The molecule has 18 heavy (non-hydrogen) atoms. The van der Waals surface area contributed by atoms with E-state index >= 15 is 0 Å². The van der Waals surface area contributed by atoms with Crippen LogP contribution in [0.5, 0.6) is 0 Å². The molecule has 98 valence electrons. The maximum Gasteiger partial charge on any atom is 0.236 e. The van der Waals surface area contributed by atoms with Crippen LogP contribution in [0.2, 0.25) is 0 Å². The van der Waals surface area contributed by atoms with Crippen LogP contribution in [0.3, 0.4) is 0 Å². The van der Waals surface area contributed by atoms with Crippen LogP contribution >= 0.6 is 0 Å². The van der Waals surface area contributed by atoms with Gasteiger partial charge in [0.05, 0.1) is 12.6 Å². The molecule has 0 radical (unpaired) electrons. The number of sulfonamides is 1. The number of rotatable bonds is 5. The van der Waals surface area contributed by atoms with E-state index in [9.17, 15) is 8.42 Å². The van der Waals surface area contributed by atoms with Crippen molar-refractivity contribution in [2.24, 2.45) is 0 Å². The first-order chi connectivity index (χ1) is 8.63. The van der Waals surface area contributed by atoms with E-state index in [-0.39, 0.29) is 6.04 Å². The maximum absolute atomic E-state index is 12.0. The Balaban J connectivity index is 2.22. The minimum absolute atomic E-state index is 0.0896. The van der Waals surface area contributed by atoms with Crippen molar-refractivity contribution < 1.29 is 13.2 Å². The summed E-state index contributed by atoms with van der Waals surface area (Å²) in [4.78, 5) is 0. The van der Waals surface area contributed by atoms with Gasteiger partial charge in [-0.05, 0) is 12.0 Å². The third-order valence-electron chi connectivity index (χ3n) is 3.03. The zero-order valence-electron chi connectivity index (χ0n) is 10.2. The van der Waals surface area contributed by atoms with Gasteiger partial charge in [-0.15, -0.1) is 0 Å². The topological polar surface area (TPSA) is 46.6 Å². The monoisotopic (exact) mass is 267 g/mol. The first kappa shape index (κ1) is 13.3. The lowest BCUT2D eigenvalue weighted by Crippen LogP contribution is -2.38. The van der Waals surface area contributed by atoms with E-state index in [1.807, 2.05) is 30.3 Å². The highest BCUT2D eigenvalue weighted by molar-refractivity contribution is 7.92. The van der Waals surface area contributed by atoms with Crippen molar-refractivity contribution >= 4 is 10.0 Å². The summed E-state index contributed by atoms with van der Waals surface area (Å²) in [7, 11) is -3.42. The molecule has 1 fully saturated rings. The van der Waals surface area contributed by atoms with E-state index in [1.54, 1.807) is 0 Å². The molecule has 4 nitrogen and oxygen atoms in total. The number of ether oxygens (including phenoxy) is 1. The van der Waals surface area contributed by atoms with Crippen LogP contribution in [0.4, 0.5) is 0 Å². The Morgan fingerprint density at radius 2 is 2.11 bits per heavy atom. The second kappa shape index (κ2) is 5.65. The Morgan fingerprint density at radius 1 is 1.39 bits per heavy atom. The number of nitrogens with zero attached hydrogens (tertiary/aromatic N) is 1. The first-order valence-electron chi connectivity index (χ1n) is 5.89. The molecule has 1 aliphatic rings. The van der Waals surface area contributed by atoms with E-state index in [1.165, 1.54) is 4.31 Å². The summed E-state index contributed by atoms with van der Waals surface area (Å²) in [6, 6.07) is 9.46. The van der Waals surface area contributed by atoms with Gasteiger partial charge in [0.2, 0.25) is 10.0 Å². The van der Waals surface area contributed by atoms with Crippen LogP contribution in [0.25, 0.3) is 0 Å². The Morgan fingerprint density at radius 3 is 2.67 bits per heavy atom. The molecule has 1 aliphatic heterocycles. The molecule has 0 amide bonds. The second-order valence-electron chi connectivity index (χ2n) is 4.26. The molecular formula is C13H17NO3S. The van der Waals surface area contributed by atoms with Crippen molar-refractivity contribution in [3.8, 4) is 0 Å². The van der Waals surface area contributed by atoms with Gasteiger partial charge < -0.3 is 4.74 Å². The fourth-order valence-electron chi connectivity index (χ4n) is 2.04. The summed E-state index contributed by atoms with van der Waals surface area (Å²) in [5.41, 5.74) is 0.967. The van der Waals surface area contributed by atoms with Crippen LogP contribution in [0.15, 0.2) is 42.3 Å². The molecule has 0 N–H and O–H groups in total. The second-order valence-corrected chi connectivity index (χ2v) is 6.09. The highest BCUT2D eigenvalue weighted by Gasteiger charge is 2.30. The molecule has 1 aromatic carbocycles. The average Bonchev–Trinajstić information content (AvgIpc) is 2.90. The Hall–Kier alpha value is -1.17. The zero-order valence-corrected chi connectivity index (χ0v) is 11.0. The number of hydrogen-bond acceptors (Lipinski definition) is 3. The SMILES string of the molecule is C=CS(=O)(=O)N(Cc1ccccc1)C1CCOC1. The highest BCUT2D eigenvalue weighted by Crippen LogP contribution is 2.20. The van der Waals surface area contributed by atoms with Crippen molar-refractivity contribution in [3.63, 3.8) is 0 Å². The summed E-state index contributed by atoms with van der Waals surface area (Å²) in [5, 5.41) is 1.01. The smallest absolute Gasteiger partial charge is 0.236 e. The summed E-state index contributed by atoms with van der Waals surface area (Å²) in [6.45, 7) is 4.83. The van der Waals surface area contributed by atoms with E-state index in [2.05, 4.69) is 6.58 Å². The van der Waals surface area contributed by atoms with Gasteiger partial charge in [-0.3, -0.25) is 0 Å². The molecule has 2 rings (SSSR count). The minimum Gasteiger partial charge on any atom is -0.380 e. The molecule has 5 heteroatoms. The van der Waals surface area contributed by atoms with E-state index < -0.39 is 10.0 Å². The Labute approximate surface area is 108 Å². The molecule has 0 bridgehead atoms. The van der Waals surface area contributed by atoms with Crippen LogP contribution in [0, 0.1) is 0 Å². The summed E-state index contributed by atoms with van der Waals surface area (Å²) < 4.78 is 30.8.